The fourth-order valence-electron chi connectivity index (χ4n) is 2.74. The van der Waals surface area contributed by atoms with Crippen molar-refractivity contribution in [2.24, 2.45) is 0 Å². The van der Waals surface area contributed by atoms with Gasteiger partial charge in [-0.1, -0.05) is 48.5 Å². The number of benzene rings is 3. The lowest BCUT2D eigenvalue weighted by atomic mass is 10.1. The van der Waals surface area contributed by atoms with Crippen molar-refractivity contribution in [2.75, 3.05) is 0 Å². The average molecular weight is 359 g/mol. The second-order valence-electron chi connectivity index (χ2n) is 6.34. The van der Waals surface area contributed by atoms with E-state index in [9.17, 15) is 9.59 Å². The fourth-order valence-corrected chi connectivity index (χ4v) is 2.74. The SMILES string of the molecule is CC(Cc1ccc(OC(=O)c2ccccc2)cc1)NC(=O)c1ccccc1. The third kappa shape index (κ3) is 5.28. The molecule has 27 heavy (non-hydrogen) atoms. The lowest BCUT2D eigenvalue weighted by Crippen LogP contribution is -2.34. The van der Waals surface area contributed by atoms with E-state index in [0.717, 1.165) is 5.56 Å². The normalized spacial score (nSPS) is 11.4. The lowest BCUT2D eigenvalue weighted by Gasteiger charge is -2.14. The van der Waals surface area contributed by atoms with Crippen molar-refractivity contribution in [2.45, 2.75) is 19.4 Å². The Balaban J connectivity index is 1.54. The largest absolute Gasteiger partial charge is 0.423 e. The van der Waals surface area contributed by atoms with Crippen LogP contribution < -0.4 is 10.1 Å². The Bertz CT molecular complexity index is 890. The van der Waals surface area contributed by atoms with Crippen LogP contribution in [0.1, 0.15) is 33.2 Å². The van der Waals surface area contributed by atoms with Crippen LogP contribution in [0.2, 0.25) is 0 Å². The van der Waals surface area contributed by atoms with Crippen LogP contribution in [0.15, 0.2) is 84.9 Å². The zero-order chi connectivity index (χ0) is 19.1. The Hall–Kier alpha value is -3.40. The van der Waals surface area contributed by atoms with Crippen molar-refractivity contribution >= 4 is 11.9 Å². The molecule has 3 aromatic carbocycles. The molecule has 0 fully saturated rings. The number of hydrogen-bond acceptors (Lipinski definition) is 3. The highest BCUT2D eigenvalue weighted by Crippen LogP contribution is 2.15. The van der Waals surface area contributed by atoms with Crippen molar-refractivity contribution < 1.29 is 14.3 Å². The first-order chi connectivity index (χ1) is 13.1. The predicted octanol–water partition coefficient (Wildman–Crippen LogP) is 4.27. The minimum absolute atomic E-state index is 0.0181. The maximum atomic E-state index is 12.2. The monoisotopic (exact) mass is 359 g/mol. The molecule has 1 N–H and O–H groups in total. The van der Waals surface area contributed by atoms with E-state index >= 15 is 0 Å². The maximum Gasteiger partial charge on any atom is 0.343 e. The molecule has 0 saturated carbocycles. The van der Waals surface area contributed by atoms with Crippen LogP contribution in [0.25, 0.3) is 0 Å². The summed E-state index contributed by atoms with van der Waals surface area (Å²) in [5.74, 6) is 0.0249. The Morgan fingerprint density at radius 2 is 1.37 bits per heavy atom. The molecular weight excluding hydrogens is 338 g/mol. The molecule has 0 heterocycles. The molecule has 0 aliphatic rings. The molecule has 3 aromatic rings. The standard InChI is InChI=1S/C23H21NO3/c1-17(24-22(25)19-8-4-2-5-9-19)16-18-12-14-21(15-13-18)27-23(26)20-10-6-3-7-11-20/h2-15,17H,16H2,1H3,(H,24,25). The van der Waals surface area contributed by atoms with Crippen LogP contribution in [-0.2, 0) is 6.42 Å². The summed E-state index contributed by atoms with van der Waals surface area (Å²) in [6.45, 7) is 1.96. The minimum Gasteiger partial charge on any atom is -0.423 e. The maximum absolute atomic E-state index is 12.2. The number of nitrogens with one attached hydrogen (secondary N) is 1. The van der Waals surface area contributed by atoms with Gasteiger partial charge in [0.05, 0.1) is 5.56 Å². The minimum atomic E-state index is -0.383. The van der Waals surface area contributed by atoms with E-state index in [1.807, 2.05) is 43.3 Å². The van der Waals surface area contributed by atoms with Gasteiger partial charge in [0.2, 0.25) is 0 Å². The van der Waals surface area contributed by atoms with E-state index in [0.29, 0.717) is 23.3 Å². The average Bonchev–Trinajstić information content (AvgIpc) is 2.70. The Labute approximate surface area is 158 Å². The number of amides is 1. The highest BCUT2D eigenvalue weighted by molar-refractivity contribution is 5.94. The number of carbonyl (C=O) groups excluding carboxylic acids is 2. The van der Waals surface area contributed by atoms with Crippen molar-refractivity contribution in [3.8, 4) is 5.75 Å². The summed E-state index contributed by atoms with van der Waals surface area (Å²) >= 11 is 0. The third-order valence-corrected chi connectivity index (χ3v) is 4.10. The Morgan fingerprint density at radius 3 is 1.96 bits per heavy atom. The quantitative estimate of drug-likeness (QED) is 0.528. The molecule has 0 aliphatic heterocycles. The molecule has 1 atom stereocenters. The van der Waals surface area contributed by atoms with Gasteiger partial charge in [-0.05, 0) is 55.3 Å². The summed E-state index contributed by atoms with van der Waals surface area (Å²) in [6, 6.07) is 25.3. The van der Waals surface area contributed by atoms with Crippen molar-refractivity contribution in [1.82, 2.24) is 5.32 Å². The van der Waals surface area contributed by atoms with Crippen LogP contribution in [0.5, 0.6) is 5.75 Å². The number of esters is 1. The molecule has 4 nitrogen and oxygen atoms in total. The molecule has 3 rings (SSSR count). The van der Waals surface area contributed by atoms with Crippen LogP contribution in [0.3, 0.4) is 0 Å². The van der Waals surface area contributed by atoms with E-state index in [2.05, 4.69) is 5.32 Å². The van der Waals surface area contributed by atoms with Crippen molar-refractivity contribution in [3.05, 3.63) is 102 Å². The molecule has 0 radical (unpaired) electrons. The smallest absolute Gasteiger partial charge is 0.343 e. The number of rotatable bonds is 6. The first-order valence-electron chi connectivity index (χ1n) is 8.84. The summed E-state index contributed by atoms with van der Waals surface area (Å²) in [7, 11) is 0. The van der Waals surface area contributed by atoms with Gasteiger partial charge in [-0.25, -0.2) is 4.79 Å². The zero-order valence-corrected chi connectivity index (χ0v) is 15.1. The van der Waals surface area contributed by atoms with Gasteiger partial charge in [0.25, 0.3) is 5.91 Å². The fraction of sp³-hybridized carbons (Fsp3) is 0.130. The highest BCUT2D eigenvalue weighted by Gasteiger charge is 2.11. The molecule has 0 aliphatic carbocycles. The van der Waals surface area contributed by atoms with Crippen molar-refractivity contribution in [1.29, 1.82) is 0 Å². The van der Waals surface area contributed by atoms with Crippen LogP contribution in [-0.4, -0.2) is 17.9 Å². The second kappa shape index (κ2) is 8.81. The molecule has 0 spiro atoms. The van der Waals surface area contributed by atoms with Gasteiger partial charge in [-0.3, -0.25) is 4.79 Å². The topological polar surface area (TPSA) is 55.4 Å². The number of carbonyl (C=O) groups is 2. The van der Waals surface area contributed by atoms with E-state index in [1.54, 1.807) is 48.5 Å². The van der Waals surface area contributed by atoms with Gasteiger partial charge >= 0.3 is 5.97 Å². The predicted molar refractivity (Wildman–Crippen MR) is 105 cm³/mol. The van der Waals surface area contributed by atoms with Crippen LogP contribution in [0, 0.1) is 0 Å². The van der Waals surface area contributed by atoms with Gasteiger partial charge in [0, 0.05) is 11.6 Å². The Morgan fingerprint density at radius 1 is 0.815 bits per heavy atom. The van der Waals surface area contributed by atoms with Gasteiger partial charge in [-0.2, -0.15) is 0 Å². The lowest BCUT2D eigenvalue weighted by molar-refractivity contribution is 0.0734. The van der Waals surface area contributed by atoms with Crippen molar-refractivity contribution in [3.63, 3.8) is 0 Å². The summed E-state index contributed by atoms with van der Waals surface area (Å²) in [5, 5.41) is 2.99. The molecular formula is C23H21NO3. The molecule has 0 bridgehead atoms. The Kier molecular flexibility index (Phi) is 6.00. The summed E-state index contributed by atoms with van der Waals surface area (Å²) < 4.78 is 5.37. The van der Waals surface area contributed by atoms with E-state index in [1.165, 1.54) is 0 Å². The number of ether oxygens (including phenoxy) is 1. The molecule has 1 amide bonds. The summed E-state index contributed by atoms with van der Waals surface area (Å²) in [4.78, 5) is 24.2. The van der Waals surface area contributed by atoms with Gasteiger partial charge in [0.15, 0.2) is 0 Å². The molecule has 4 heteroatoms. The molecule has 136 valence electrons. The molecule has 0 aromatic heterocycles. The first kappa shape index (κ1) is 18.4. The molecule has 0 saturated heterocycles. The van der Waals surface area contributed by atoms with Crippen LogP contribution >= 0.6 is 0 Å². The van der Waals surface area contributed by atoms with Crippen LogP contribution in [0.4, 0.5) is 0 Å². The number of hydrogen-bond donors (Lipinski definition) is 1. The van der Waals surface area contributed by atoms with Gasteiger partial charge in [-0.15, -0.1) is 0 Å². The van der Waals surface area contributed by atoms with Gasteiger partial charge < -0.3 is 10.1 Å². The highest BCUT2D eigenvalue weighted by atomic mass is 16.5. The second-order valence-corrected chi connectivity index (χ2v) is 6.34. The molecule has 1 unspecified atom stereocenters. The summed E-state index contributed by atoms with van der Waals surface area (Å²) in [5.41, 5.74) is 2.21. The van der Waals surface area contributed by atoms with Gasteiger partial charge in [0.1, 0.15) is 5.75 Å². The van der Waals surface area contributed by atoms with E-state index in [-0.39, 0.29) is 17.9 Å². The summed E-state index contributed by atoms with van der Waals surface area (Å²) in [6.07, 6.45) is 0.686. The zero-order valence-electron chi connectivity index (χ0n) is 15.1. The van der Waals surface area contributed by atoms with E-state index < -0.39 is 0 Å². The van der Waals surface area contributed by atoms with E-state index in [4.69, 9.17) is 4.74 Å². The third-order valence-electron chi connectivity index (χ3n) is 4.10. The first-order valence-corrected chi connectivity index (χ1v) is 8.84.